The first-order valence-electron chi connectivity index (χ1n) is 6.00. The molecule has 1 aromatic heterocycles. The Hall–Kier alpha value is -1.08. The summed E-state index contributed by atoms with van der Waals surface area (Å²) in [6, 6.07) is 0. The molecule has 0 saturated carbocycles. The number of aliphatic carboxylic acids is 1. The van der Waals surface area contributed by atoms with Crippen molar-refractivity contribution in [2.75, 3.05) is 11.4 Å². The van der Waals surface area contributed by atoms with E-state index in [1.54, 1.807) is 16.7 Å². The number of aromatic nitrogens is 1. The molecule has 1 rings (SSSR count). The van der Waals surface area contributed by atoms with E-state index in [1.165, 1.54) is 18.3 Å². The number of carboxylic acid groups (broad SMARTS) is 1. The predicted molar refractivity (Wildman–Crippen MR) is 78.8 cm³/mol. The standard InChI is InChI=1S/C12H18N2O3S2/c1-4-14(9(3)15)12-13-10(7-19-12)6-18-8(2)5-11(16)17/h7-8H,4-6H2,1-3H3,(H,16,17). The molecule has 0 aliphatic heterocycles. The van der Waals surface area contributed by atoms with Crippen LogP contribution < -0.4 is 4.90 Å². The molecule has 5 nitrogen and oxygen atoms in total. The molecule has 0 aromatic carbocycles. The summed E-state index contributed by atoms with van der Waals surface area (Å²) in [5, 5.41) is 11.4. The van der Waals surface area contributed by atoms with Crippen molar-refractivity contribution in [3.05, 3.63) is 11.1 Å². The lowest BCUT2D eigenvalue weighted by atomic mass is 10.3. The maximum Gasteiger partial charge on any atom is 0.304 e. The van der Waals surface area contributed by atoms with Gasteiger partial charge in [-0.05, 0) is 6.92 Å². The molecule has 1 heterocycles. The van der Waals surface area contributed by atoms with Crippen molar-refractivity contribution in [3.63, 3.8) is 0 Å². The lowest BCUT2D eigenvalue weighted by molar-refractivity contribution is -0.136. The Balaban J connectivity index is 2.55. The van der Waals surface area contributed by atoms with Gasteiger partial charge in [0.05, 0.1) is 12.1 Å². The van der Waals surface area contributed by atoms with E-state index < -0.39 is 5.97 Å². The molecule has 1 N–H and O–H groups in total. The van der Waals surface area contributed by atoms with Gasteiger partial charge in [0.25, 0.3) is 0 Å². The highest BCUT2D eigenvalue weighted by molar-refractivity contribution is 7.99. The van der Waals surface area contributed by atoms with Gasteiger partial charge in [-0.15, -0.1) is 11.3 Å². The Kier molecular flexibility index (Phi) is 6.30. The zero-order valence-corrected chi connectivity index (χ0v) is 12.9. The largest absolute Gasteiger partial charge is 0.481 e. The highest BCUT2D eigenvalue weighted by Gasteiger charge is 2.14. The first-order chi connectivity index (χ1) is 8.93. The fraction of sp³-hybridized carbons (Fsp3) is 0.583. The molecule has 0 bridgehead atoms. The van der Waals surface area contributed by atoms with Gasteiger partial charge in [0.15, 0.2) is 5.13 Å². The van der Waals surface area contributed by atoms with Crippen LogP contribution in [-0.2, 0) is 15.3 Å². The number of nitrogens with zero attached hydrogens (tertiary/aromatic N) is 2. The monoisotopic (exact) mass is 302 g/mol. The fourth-order valence-electron chi connectivity index (χ4n) is 1.51. The summed E-state index contributed by atoms with van der Waals surface area (Å²) in [7, 11) is 0. The van der Waals surface area contributed by atoms with Crippen LogP contribution in [0.2, 0.25) is 0 Å². The summed E-state index contributed by atoms with van der Waals surface area (Å²) in [6.07, 6.45) is 0.149. The van der Waals surface area contributed by atoms with Gasteiger partial charge in [-0.25, -0.2) is 4.98 Å². The number of amides is 1. The molecule has 1 amide bonds. The Morgan fingerprint density at radius 1 is 1.58 bits per heavy atom. The summed E-state index contributed by atoms with van der Waals surface area (Å²) in [6.45, 7) is 5.92. The van der Waals surface area contributed by atoms with Gasteiger partial charge in [-0.2, -0.15) is 11.8 Å². The second-order valence-corrected chi connectivity index (χ2v) is 6.37. The van der Waals surface area contributed by atoms with Crippen LogP contribution in [0.25, 0.3) is 0 Å². The zero-order chi connectivity index (χ0) is 14.4. The minimum Gasteiger partial charge on any atom is -0.481 e. The molecule has 0 saturated heterocycles. The van der Waals surface area contributed by atoms with Crippen molar-refractivity contribution in [3.8, 4) is 0 Å². The van der Waals surface area contributed by atoms with Gasteiger partial charge in [0, 0.05) is 29.9 Å². The first-order valence-corrected chi connectivity index (χ1v) is 7.92. The second-order valence-electron chi connectivity index (χ2n) is 4.10. The summed E-state index contributed by atoms with van der Waals surface area (Å²) in [5.74, 6) is -0.136. The molecule has 1 unspecified atom stereocenters. The van der Waals surface area contributed by atoms with Crippen LogP contribution in [0.4, 0.5) is 5.13 Å². The third kappa shape index (κ3) is 5.20. The number of anilines is 1. The molecule has 106 valence electrons. The molecule has 0 radical (unpaired) electrons. The average molecular weight is 302 g/mol. The summed E-state index contributed by atoms with van der Waals surface area (Å²) >= 11 is 3.00. The molecule has 0 aliphatic rings. The molecule has 19 heavy (non-hydrogen) atoms. The van der Waals surface area contributed by atoms with E-state index >= 15 is 0 Å². The van der Waals surface area contributed by atoms with Crippen molar-refractivity contribution in [1.29, 1.82) is 0 Å². The van der Waals surface area contributed by atoms with Crippen molar-refractivity contribution >= 4 is 40.1 Å². The van der Waals surface area contributed by atoms with Crippen molar-refractivity contribution in [2.45, 2.75) is 38.2 Å². The van der Waals surface area contributed by atoms with E-state index in [0.717, 1.165) is 5.69 Å². The smallest absolute Gasteiger partial charge is 0.304 e. The van der Waals surface area contributed by atoms with Crippen LogP contribution >= 0.6 is 23.1 Å². The minimum atomic E-state index is -0.785. The lowest BCUT2D eigenvalue weighted by Gasteiger charge is -2.14. The number of carboxylic acids is 1. The average Bonchev–Trinajstić information content (AvgIpc) is 2.74. The van der Waals surface area contributed by atoms with Gasteiger partial charge >= 0.3 is 5.97 Å². The number of carbonyl (C=O) groups excluding carboxylic acids is 1. The molecular formula is C12H18N2O3S2. The van der Waals surface area contributed by atoms with Gasteiger partial charge in [-0.3, -0.25) is 14.5 Å². The molecule has 1 aromatic rings. The van der Waals surface area contributed by atoms with Crippen LogP contribution in [0.5, 0.6) is 0 Å². The van der Waals surface area contributed by atoms with E-state index in [2.05, 4.69) is 4.98 Å². The Bertz CT molecular complexity index is 448. The van der Waals surface area contributed by atoms with E-state index in [1.807, 2.05) is 19.2 Å². The van der Waals surface area contributed by atoms with Crippen LogP contribution in [-0.4, -0.2) is 33.8 Å². The SMILES string of the molecule is CCN(C(C)=O)c1nc(CSC(C)CC(=O)O)cs1. The van der Waals surface area contributed by atoms with Crippen LogP contribution in [0.15, 0.2) is 5.38 Å². The van der Waals surface area contributed by atoms with Gasteiger partial charge < -0.3 is 5.11 Å². The lowest BCUT2D eigenvalue weighted by Crippen LogP contribution is -2.27. The van der Waals surface area contributed by atoms with Crippen molar-refractivity contribution in [1.82, 2.24) is 4.98 Å². The molecule has 0 spiro atoms. The summed E-state index contributed by atoms with van der Waals surface area (Å²) < 4.78 is 0. The second kappa shape index (κ2) is 7.49. The maximum atomic E-state index is 11.4. The third-order valence-corrected chi connectivity index (χ3v) is 4.56. The maximum absolute atomic E-state index is 11.4. The first kappa shape index (κ1) is 16.0. The minimum absolute atomic E-state index is 0.0182. The topological polar surface area (TPSA) is 70.5 Å². The highest BCUT2D eigenvalue weighted by atomic mass is 32.2. The molecule has 0 fully saturated rings. The van der Waals surface area contributed by atoms with Gasteiger partial charge in [0.1, 0.15) is 0 Å². The Labute approximate surface area is 121 Å². The fourth-order valence-corrected chi connectivity index (χ4v) is 3.41. The number of thioether (sulfide) groups is 1. The molecule has 0 aliphatic carbocycles. The Morgan fingerprint density at radius 3 is 2.79 bits per heavy atom. The van der Waals surface area contributed by atoms with Crippen LogP contribution in [0.3, 0.4) is 0 Å². The quantitative estimate of drug-likeness (QED) is 0.838. The molecule has 1 atom stereocenters. The van der Waals surface area contributed by atoms with E-state index in [4.69, 9.17) is 5.11 Å². The number of hydrogen-bond acceptors (Lipinski definition) is 5. The molecule has 7 heteroatoms. The van der Waals surface area contributed by atoms with Crippen molar-refractivity contribution < 1.29 is 14.7 Å². The van der Waals surface area contributed by atoms with E-state index in [9.17, 15) is 9.59 Å². The van der Waals surface area contributed by atoms with Crippen LogP contribution in [0, 0.1) is 0 Å². The van der Waals surface area contributed by atoms with Crippen molar-refractivity contribution in [2.24, 2.45) is 0 Å². The number of rotatable bonds is 7. The normalized spacial score (nSPS) is 12.2. The summed E-state index contributed by atoms with van der Waals surface area (Å²) in [5.41, 5.74) is 0.891. The van der Waals surface area contributed by atoms with E-state index in [0.29, 0.717) is 17.4 Å². The van der Waals surface area contributed by atoms with Gasteiger partial charge in [-0.1, -0.05) is 6.92 Å². The number of thiazole rings is 1. The van der Waals surface area contributed by atoms with E-state index in [-0.39, 0.29) is 17.6 Å². The third-order valence-electron chi connectivity index (χ3n) is 2.44. The molecular weight excluding hydrogens is 284 g/mol. The number of hydrogen-bond donors (Lipinski definition) is 1. The Morgan fingerprint density at radius 2 is 2.26 bits per heavy atom. The zero-order valence-electron chi connectivity index (χ0n) is 11.3. The predicted octanol–water partition coefficient (Wildman–Crippen LogP) is 2.61. The highest BCUT2D eigenvalue weighted by Crippen LogP contribution is 2.25. The van der Waals surface area contributed by atoms with Gasteiger partial charge in [0.2, 0.25) is 5.91 Å². The number of carbonyl (C=O) groups is 2. The summed E-state index contributed by atoms with van der Waals surface area (Å²) in [4.78, 5) is 28.0. The van der Waals surface area contributed by atoms with Crippen LogP contribution in [0.1, 0.15) is 32.9 Å².